The summed E-state index contributed by atoms with van der Waals surface area (Å²) >= 11 is 1.81. The highest BCUT2D eigenvalue weighted by Gasteiger charge is 2.10. The normalized spacial score (nSPS) is 15.3. The molecule has 0 saturated carbocycles. The summed E-state index contributed by atoms with van der Waals surface area (Å²) in [4.78, 5) is 9.41. The molecule has 0 atom stereocenters. The number of morpholine rings is 1. The molecule has 2 heterocycles. The van der Waals surface area contributed by atoms with E-state index in [1.807, 2.05) is 18.4 Å². The Labute approximate surface area is 183 Å². The van der Waals surface area contributed by atoms with Gasteiger partial charge in [-0.05, 0) is 30.2 Å². The Hall–Kier alpha value is -1.16. The highest BCUT2D eigenvalue weighted by atomic mass is 127. The average Bonchev–Trinajstić information content (AvgIpc) is 3.08. The number of hydrogen-bond acceptors (Lipinski definition) is 4. The van der Waals surface area contributed by atoms with Crippen LogP contribution in [0.2, 0.25) is 0 Å². The highest BCUT2D eigenvalue weighted by molar-refractivity contribution is 14.0. The molecule has 0 aliphatic carbocycles. The van der Waals surface area contributed by atoms with Gasteiger partial charge in [-0.25, -0.2) is 0 Å². The molecule has 5 nitrogen and oxygen atoms in total. The highest BCUT2D eigenvalue weighted by Crippen LogP contribution is 2.14. The van der Waals surface area contributed by atoms with E-state index in [0.29, 0.717) is 0 Å². The molecule has 148 valence electrons. The molecule has 1 aromatic heterocycles. The fourth-order valence-corrected chi connectivity index (χ4v) is 3.84. The first kappa shape index (κ1) is 22.1. The molecule has 1 aromatic carbocycles. The van der Waals surface area contributed by atoms with E-state index in [9.17, 15) is 0 Å². The van der Waals surface area contributed by atoms with Crippen LogP contribution < -0.4 is 10.6 Å². The van der Waals surface area contributed by atoms with Crippen LogP contribution in [-0.2, 0) is 24.4 Å². The molecule has 2 N–H and O–H groups in total. The lowest BCUT2D eigenvalue weighted by atomic mass is 10.1. The van der Waals surface area contributed by atoms with Gasteiger partial charge < -0.3 is 15.4 Å². The first-order valence-electron chi connectivity index (χ1n) is 9.10. The lowest BCUT2D eigenvalue weighted by Gasteiger charge is -2.26. The van der Waals surface area contributed by atoms with Crippen LogP contribution in [0.3, 0.4) is 0 Å². The Morgan fingerprint density at radius 3 is 2.56 bits per heavy atom. The fourth-order valence-electron chi connectivity index (χ4n) is 3.01. The summed E-state index contributed by atoms with van der Waals surface area (Å²) in [5, 5.41) is 6.78. The zero-order valence-corrected chi connectivity index (χ0v) is 19.2. The smallest absolute Gasteiger partial charge is 0.191 e. The van der Waals surface area contributed by atoms with Crippen LogP contribution in [-0.4, -0.2) is 44.2 Å². The third-order valence-corrected chi connectivity index (χ3v) is 5.41. The van der Waals surface area contributed by atoms with Gasteiger partial charge in [-0.15, -0.1) is 35.3 Å². The van der Waals surface area contributed by atoms with E-state index < -0.39 is 0 Å². The second-order valence-electron chi connectivity index (χ2n) is 6.50. The standard InChI is InChI=1S/C20H28N4OS.HI/c1-16-6-7-19(26-16)14-23-20(21-2)22-13-17-4-3-5-18(12-17)15-24-8-10-25-11-9-24;/h3-7,12H,8-11,13-15H2,1-2H3,(H2,21,22,23);1H. The van der Waals surface area contributed by atoms with E-state index in [4.69, 9.17) is 4.74 Å². The lowest BCUT2D eigenvalue weighted by molar-refractivity contribution is 0.0342. The number of nitrogens with zero attached hydrogens (tertiary/aromatic N) is 2. The number of nitrogens with one attached hydrogen (secondary N) is 2. The van der Waals surface area contributed by atoms with Gasteiger partial charge in [0.05, 0.1) is 19.8 Å². The molecule has 7 heteroatoms. The van der Waals surface area contributed by atoms with Crippen molar-refractivity contribution in [1.29, 1.82) is 0 Å². The van der Waals surface area contributed by atoms with Gasteiger partial charge in [0.25, 0.3) is 0 Å². The van der Waals surface area contributed by atoms with Gasteiger partial charge in [0, 0.05) is 43.0 Å². The minimum atomic E-state index is 0. The lowest BCUT2D eigenvalue weighted by Crippen LogP contribution is -2.36. The number of hydrogen-bond donors (Lipinski definition) is 2. The Balaban J connectivity index is 0.00000261. The van der Waals surface area contributed by atoms with Crippen LogP contribution in [0.1, 0.15) is 20.9 Å². The van der Waals surface area contributed by atoms with E-state index in [2.05, 4.69) is 63.8 Å². The van der Waals surface area contributed by atoms with Gasteiger partial charge in [-0.3, -0.25) is 9.89 Å². The van der Waals surface area contributed by atoms with Gasteiger partial charge in [0.1, 0.15) is 0 Å². The number of halogens is 1. The first-order valence-corrected chi connectivity index (χ1v) is 9.92. The molecule has 0 unspecified atom stereocenters. The maximum atomic E-state index is 5.42. The van der Waals surface area contributed by atoms with E-state index in [0.717, 1.165) is 51.9 Å². The van der Waals surface area contributed by atoms with Crippen LogP contribution in [0.25, 0.3) is 0 Å². The zero-order valence-electron chi connectivity index (χ0n) is 16.0. The molecule has 1 aliphatic rings. The molecule has 0 bridgehead atoms. The maximum Gasteiger partial charge on any atom is 0.191 e. The van der Waals surface area contributed by atoms with E-state index in [1.54, 1.807) is 0 Å². The fraction of sp³-hybridized carbons (Fsp3) is 0.450. The van der Waals surface area contributed by atoms with Crippen LogP contribution in [0.4, 0.5) is 0 Å². The molecule has 0 spiro atoms. The third kappa shape index (κ3) is 7.40. The summed E-state index contributed by atoms with van der Waals surface area (Å²) in [5.41, 5.74) is 2.62. The van der Waals surface area contributed by atoms with Crippen LogP contribution in [0, 0.1) is 6.92 Å². The summed E-state index contributed by atoms with van der Waals surface area (Å²) < 4.78 is 5.42. The van der Waals surface area contributed by atoms with Crippen molar-refractivity contribution in [2.45, 2.75) is 26.6 Å². The van der Waals surface area contributed by atoms with Crippen molar-refractivity contribution in [3.63, 3.8) is 0 Å². The molecule has 3 rings (SSSR count). The zero-order chi connectivity index (χ0) is 18.2. The van der Waals surface area contributed by atoms with Gasteiger partial charge >= 0.3 is 0 Å². The Kier molecular flexibility index (Phi) is 9.53. The van der Waals surface area contributed by atoms with Crippen molar-refractivity contribution in [2.24, 2.45) is 4.99 Å². The Bertz CT molecular complexity index is 728. The minimum absolute atomic E-state index is 0. The summed E-state index contributed by atoms with van der Waals surface area (Å²) in [7, 11) is 1.81. The summed E-state index contributed by atoms with van der Waals surface area (Å²) in [6, 6.07) is 13.1. The molecule has 1 saturated heterocycles. The first-order chi connectivity index (χ1) is 12.7. The Morgan fingerprint density at radius 2 is 1.85 bits per heavy atom. The molecular formula is C20H29IN4OS. The van der Waals surface area contributed by atoms with Gasteiger partial charge in [-0.2, -0.15) is 0 Å². The number of aliphatic imine (C=N–C) groups is 1. The molecular weight excluding hydrogens is 471 g/mol. The number of thiophene rings is 1. The summed E-state index contributed by atoms with van der Waals surface area (Å²) in [5.74, 6) is 0.828. The number of benzene rings is 1. The van der Waals surface area contributed by atoms with E-state index in [-0.39, 0.29) is 24.0 Å². The van der Waals surface area contributed by atoms with Crippen molar-refractivity contribution < 1.29 is 4.74 Å². The average molecular weight is 500 g/mol. The predicted molar refractivity (Wildman–Crippen MR) is 124 cm³/mol. The topological polar surface area (TPSA) is 48.9 Å². The number of guanidine groups is 1. The SMILES string of the molecule is CN=C(NCc1cccc(CN2CCOCC2)c1)NCc1ccc(C)s1.I. The van der Waals surface area contributed by atoms with Crippen molar-refractivity contribution in [1.82, 2.24) is 15.5 Å². The van der Waals surface area contributed by atoms with Crippen LogP contribution in [0.15, 0.2) is 41.4 Å². The molecule has 0 radical (unpaired) electrons. The third-order valence-electron chi connectivity index (χ3n) is 4.41. The predicted octanol–water partition coefficient (Wildman–Crippen LogP) is 3.37. The van der Waals surface area contributed by atoms with E-state index >= 15 is 0 Å². The number of aryl methyl sites for hydroxylation is 1. The van der Waals surface area contributed by atoms with E-state index in [1.165, 1.54) is 20.9 Å². The monoisotopic (exact) mass is 500 g/mol. The number of rotatable bonds is 6. The summed E-state index contributed by atoms with van der Waals surface area (Å²) in [6.45, 7) is 8.39. The summed E-state index contributed by atoms with van der Waals surface area (Å²) in [6.07, 6.45) is 0. The second kappa shape index (κ2) is 11.6. The van der Waals surface area contributed by atoms with Gasteiger partial charge in [0.15, 0.2) is 5.96 Å². The van der Waals surface area contributed by atoms with Crippen molar-refractivity contribution in [2.75, 3.05) is 33.4 Å². The minimum Gasteiger partial charge on any atom is -0.379 e. The molecule has 27 heavy (non-hydrogen) atoms. The molecule has 0 amide bonds. The maximum absolute atomic E-state index is 5.42. The second-order valence-corrected chi connectivity index (χ2v) is 7.87. The van der Waals surface area contributed by atoms with Crippen molar-refractivity contribution >= 4 is 41.3 Å². The molecule has 1 aliphatic heterocycles. The molecule has 1 fully saturated rings. The van der Waals surface area contributed by atoms with Crippen molar-refractivity contribution in [3.8, 4) is 0 Å². The van der Waals surface area contributed by atoms with Gasteiger partial charge in [-0.1, -0.05) is 24.3 Å². The largest absolute Gasteiger partial charge is 0.379 e. The number of ether oxygens (including phenoxy) is 1. The quantitative estimate of drug-likeness (QED) is 0.363. The van der Waals surface area contributed by atoms with Crippen LogP contribution in [0.5, 0.6) is 0 Å². The van der Waals surface area contributed by atoms with Crippen LogP contribution >= 0.6 is 35.3 Å². The Morgan fingerprint density at radius 1 is 1.11 bits per heavy atom. The van der Waals surface area contributed by atoms with Gasteiger partial charge in [0.2, 0.25) is 0 Å². The molecule has 2 aromatic rings. The van der Waals surface area contributed by atoms with Crippen molar-refractivity contribution in [3.05, 3.63) is 57.3 Å².